The molecular weight excluding hydrogens is 529 g/mol. The topological polar surface area (TPSA) is 68.5 Å². The minimum atomic E-state index is -0.700. The highest BCUT2D eigenvalue weighted by atomic mass is 19.1. The first-order valence-corrected chi connectivity index (χ1v) is 15.8. The summed E-state index contributed by atoms with van der Waals surface area (Å²) in [6.07, 6.45) is 12.3. The van der Waals surface area contributed by atoms with E-state index in [-0.39, 0.29) is 47.1 Å². The second-order valence-corrected chi connectivity index (χ2v) is 12.9. The number of nitrogens with zero attached hydrogens (tertiary/aromatic N) is 1. The molecule has 3 atom stereocenters. The van der Waals surface area contributed by atoms with Crippen LogP contribution in [0, 0.1) is 11.7 Å². The lowest BCUT2D eigenvalue weighted by Crippen LogP contribution is -2.38. The molecular formula is C36H42FNO4. The minimum Gasteiger partial charge on any atom is -0.487 e. The van der Waals surface area contributed by atoms with Gasteiger partial charge in [-0.25, -0.2) is 4.39 Å². The van der Waals surface area contributed by atoms with Crippen molar-refractivity contribution in [3.05, 3.63) is 99.7 Å². The summed E-state index contributed by atoms with van der Waals surface area (Å²) in [7, 11) is 0. The van der Waals surface area contributed by atoms with E-state index in [9.17, 15) is 19.1 Å². The number of hydrogen-bond acceptors (Lipinski definition) is 4. The molecule has 2 aromatic carbocycles. The van der Waals surface area contributed by atoms with Gasteiger partial charge in [-0.05, 0) is 106 Å². The molecule has 3 aliphatic rings. The average molecular weight is 572 g/mol. The van der Waals surface area contributed by atoms with Crippen LogP contribution < -0.4 is 10.3 Å². The molecule has 0 unspecified atom stereocenters. The highest BCUT2D eigenvalue weighted by Gasteiger charge is 2.43. The van der Waals surface area contributed by atoms with Gasteiger partial charge in [-0.15, -0.1) is 0 Å². The van der Waals surface area contributed by atoms with E-state index in [1.807, 2.05) is 30.3 Å². The number of halogens is 1. The van der Waals surface area contributed by atoms with Crippen LogP contribution in [0.1, 0.15) is 110 Å². The number of pyridine rings is 1. The van der Waals surface area contributed by atoms with Gasteiger partial charge in [0.1, 0.15) is 17.2 Å². The minimum absolute atomic E-state index is 0.0508. The van der Waals surface area contributed by atoms with Gasteiger partial charge in [0.2, 0.25) is 0 Å². The number of ketones is 1. The van der Waals surface area contributed by atoms with Gasteiger partial charge in [0.05, 0.1) is 6.10 Å². The van der Waals surface area contributed by atoms with E-state index in [0.29, 0.717) is 24.8 Å². The first-order valence-electron chi connectivity index (χ1n) is 15.8. The lowest BCUT2D eigenvalue weighted by atomic mass is 9.77. The highest BCUT2D eigenvalue weighted by Crippen LogP contribution is 2.49. The third-order valence-corrected chi connectivity index (χ3v) is 9.99. The monoisotopic (exact) mass is 571 g/mol. The molecule has 0 radical (unpaired) electrons. The summed E-state index contributed by atoms with van der Waals surface area (Å²) in [5.41, 5.74) is 2.25. The maximum absolute atomic E-state index is 14.3. The molecule has 1 aromatic heterocycles. The van der Waals surface area contributed by atoms with Crippen LogP contribution in [-0.4, -0.2) is 27.2 Å². The summed E-state index contributed by atoms with van der Waals surface area (Å²) < 4.78 is 22.5. The van der Waals surface area contributed by atoms with Gasteiger partial charge in [0.25, 0.3) is 5.56 Å². The maximum atomic E-state index is 14.3. The number of rotatable bonds is 10. The number of benzene rings is 2. The number of Topliss-reactive ketones (excluding diaryl/α,β-unsaturated/α-hetero) is 1. The molecule has 5 nitrogen and oxygen atoms in total. The Morgan fingerprint density at radius 3 is 2.55 bits per heavy atom. The Balaban J connectivity index is 1.20. The predicted molar refractivity (Wildman–Crippen MR) is 162 cm³/mol. The van der Waals surface area contributed by atoms with Crippen LogP contribution in [0.5, 0.6) is 5.75 Å². The number of ether oxygens (including phenoxy) is 1. The number of aromatic nitrogens is 1. The van der Waals surface area contributed by atoms with Gasteiger partial charge in [-0.2, -0.15) is 0 Å². The molecule has 0 amide bonds. The number of carbonyl (C=O) groups is 1. The number of aliphatic hydroxyl groups excluding tert-OH is 1. The Hall–Kier alpha value is -3.25. The quantitative estimate of drug-likeness (QED) is 0.255. The van der Waals surface area contributed by atoms with Crippen LogP contribution in [0.3, 0.4) is 0 Å². The zero-order valence-corrected chi connectivity index (χ0v) is 24.3. The van der Waals surface area contributed by atoms with Crippen molar-refractivity contribution in [3.63, 3.8) is 0 Å². The largest absolute Gasteiger partial charge is 0.487 e. The van der Waals surface area contributed by atoms with E-state index in [2.05, 4.69) is 0 Å². The van der Waals surface area contributed by atoms with E-state index in [4.69, 9.17) is 4.74 Å². The third kappa shape index (κ3) is 6.39. The summed E-state index contributed by atoms with van der Waals surface area (Å²) in [5, 5.41) is 11.6. The van der Waals surface area contributed by atoms with Crippen LogP contribution >= 0.6 is 0 Å². The first kappa shape index (κ1) is 28.9. The van der Waals surface area contributed by atoms with Crippen molar-refractivity contribution in [1.82, 2.24) is 4.57 Å². The molecule has 2 aliphatic carbocycles. The molecule has 42 heavy (non-hydrogen) atoms. The molecule has 2 fully saturated rings. The van der Waals surface area contributed by atoms with Gasteiger partial charge >= 0.3 is 0 Å². The van der Waals surface area contributed by atoms with Gasteiger partial charge in [-0.1, -0.05) is 43.2 Å². The van der Waals surface area contributed by atoms with Gasteiger partial charge in [0.15, 0.2) is 5.78 Å². The van der Waals surface area contributed by atoms with Crippen molar-refractivity contribution in [3.8, 4) is 5.75 Å². The van der Waals surface area contributed by atoms with Crippen molar-refractivity contribution in [2.75, 3.05) is 0 Å². The summed E-state index contributed by atoms with van der Waals surface area (Å²) in [5.74, 6) is 0.276. The fourth-order valence-electron chi connectivity index (χ4n) is 7.71. The molecule has 3 aromatic rings. The number of carbonyl (C=O) groups excluding carboxylic acids is 1. The zero-order valence-electron chi connectivity index (χ0n) is 24.3. The Bertz CT molecular complexity index is 1440. The van der Waals surface area contributed by atoms with Gasteiger partial charge in [0, 0.05) is 35.9 Å². The normalized spacial score (nSPS) is 21.1. The van der Waals surface area contributed by atoms with Crippen molar-refractivity contribution >= 4 is 5.78 Å². The molecule has 6 rings (SSSR count). The summed E-state index contributed by atoms with van der Waals surface area (Å²) in [4.78, 5) is 26.2. The summed E-state index contributed by atoms with van der Waals surface area (Å²) in [6, 6.07) is 18.1. The fraction of sp³-hybridized carbons (Fsp3) is 0.500. The van der Waals surface area contributed by atoms with Crippen molar-refractivity contribution < 1.29 is 19.0 Å². The van der Waals surface area contributed by atoms with Crippen LogP contribution in [0.2, 0.25) is 0 Å². The Morgan fingerprint density at radius 2 is 1.79 bits per heavy atom. The van der Waals surface area contributed by atoms with Crippen LogP contribution in [0.25, 0.3) is 0 Å². The van der Waals surface area contributed by atoms with Crippen LogP contribution in [0.4, 0.5) is 4.39 Å². The van der Waals surface area contributed by atoms with E-state index in [1.54, 1.807) is 29.0 Å². The second kappa shape index (κ2) is 12.5. The molecule has 0 saturated heterocycles. The molecule has 6 heteroatoms. The van der Waals surface area contributed by atoms with Crippen LogP contribution in [-0.2, 0) is 6.42 Å². The van der Waals surface area contributed by atoms with E-state index < -0.39 is 6.10 Å². The standard InChI is InChI=1S/C36H42FNO4/c37-29-14-16-34-31(22-29)26(23-36(42-34)18-6-7-19-36)12-15-32(39)28(20-25-8-2-1-3-9-25)21-33(40)27-13-17-35(41)38(24-27)30-10-4-5-11-30/h1-3,8-9,13-14,16-17,22,24,26,28,30,32,39H,4-7,10-12,15,18-21,23H2/t26-,28+,32+/m0/s1. The van der Waals surface area contributed by atoms with Gasteiger partial charge < -0.3 is 14.4 Å². The summed E-state index contributed by atoms with van der Waals surface area (Å²) in [6.45, 7) is 0. The maximum Gasteiger partial charge on any atom is 0.250 e. The van der Waals surface area contributed by atoms with E-state index >= 15 is 0 Å². The number of aliphatic hydroxyl groups is 1. The lowest BCUT2D eigenvalue weighted by molar-refractivity contribution is 0.0342. The molecule has 0 bridgehead atoms. The predicted octanol–water partition coefficient (Wildman–Crippen LogP) is 7.55. The molecule has 1 spiro atoms. The van der Waals surface area contributed by atoms with E-state index in [1.165, 1.54) is 12.1 Å². The van der Waals surface area contributed by atoms with Gasteiger partial charge in [-0.3, -0.25) is 9.59 Å². The number of fused-ring (bicyclic) bond motifs is 1. The average Bonchev–Trinajstić information content (AvgIpc) is 3.69. The van der Waals surface area contributed by atoms with Crippen molar-refractivity contribution in [2.45, 2.75) is 107 Å². The molecule has 222 valence electrons. The fourth-order valence-corrected chi connectivity index (χ4v) is 7.71. The third-order valence-electron chi connectivity index (χ3n) is 9.99. The van der Waals surface area contributed by atoms with Crippen molar-refractivity contribution in [1.29, 1.82) is 0 Å². The highest BCUT2D eigenvalue weighted by molar-refractivity contribution is 5.96. The Labute approximate surface area is 247 Å². The van der Waals surface area contributed by atoms with Crippen LogP contribution in [0.15, 0.2) is 71.7 Å². The molecule has 1 aliphatic heterocycles. The van der Waals surface area contributed by atoms with Crippen molar-refractivity contribution in [2.24, 2.45) is 5.92 Å². The molecule has 2 heterocycles. The molecule has 1 N–H and O–H groups in total. The first-order chi connectivity index (χ1) is 20.4. The smallest absolute Gasteiger partial charge is 0.250 e. The number of hydrogen-bond donors (Lipinski definition) is 1. The zero-order chi connectivity index (χ0) is 29.1. The SMILES string of the molecule is O=C(C[C@@H](Cc1ccccc1)[C@H](O)CC[C@H]1CC2(CCCC2)Oc2ccc(F)cc21)c1ccc(=O)n(C2CCCC2)c1. The van der Waals surface area contributed by atoms with E-state index in [0.717, 1.165) is 74.7 Å². The Kier molecular flexibility index (Phi) is 8.62. The Morgan fingerprint density at radius 1 is 1.02 bits per heavy atom. The molecule has 2 saturated carbocycles. The second-order valence-electron chi connectivity index (χ2n) is 12.9. The summed E-state index contributed by atoms with van der Waals surface area (Å²) >= 11 is 0. The lowest BCUT2D eigenvalue weighted by Gasteiger charge is -2.40.